The molecule has 0 radical (unpaired) electrons. The number of aromatic nitrogens is 7. The lowest BCUT2D eigenvalue weighted by Gasteiger charge is -2.16. The quantitative estimate of drug-likeness (QED) is 0.406. The van der Waals surface area contributed by atoms with Crippen LogP contribution in [0.1, 0.15) is 23.9 Å². The Kier molecular flexibility index (Phi) is 5.24. The smallest absolute Gasteiger partial charge is 0.330 e. The summed E-state index contributed by atoms with van der Waals surface area (Å²) in [7, 11) is 0. The van der Waals surface area contributed by atoms with Crippen molar-refractivity contribution in [2.75, 3.05) is 0 Å². The second-order valence-electron chi connectivity index (χ2n) is 7.21. The molecule has 13 nitrogen and oxygen atoms in total. The topological polar surface area (TPSA) is 170 Å². The number of rotatable bonds is 5. The van der Waals surface area contributed by atoms with E-state index in [1.807, 2.05) is 4.98 Å². The molecule has 0 amide bonds. The van der Waals surface area contributed by atoms with Gasteiger partial charge in [-0.3, -0.25) is 28.7 Å². The Morgan fingerprint density at radius 2 is 1.90 bits per heavy atom. The molecule has 0 bridgehead atoms. The number of hydrogen-bond acceptors (Lipinski definition) is 8. The lowest BCUT2D eigenvalue weighted by molar-refractivity contribution is -0.0302. The van der Waals surface area contributed by atoms with Gasteiger partial charge in [0, 0.05) is 18.2 Å². The van der Waals surface area contributed by atoms with Crippen LogP contribution in [0.2, 0.25) is 0 Å². The van der Waals surface area contributed by atoms with Gasteiger partial charge >= 0.3 is 11.4 Å². The number of H-pyrrole nitrogens is 2. The van der Waals surface area contributed by atoms with E-state index < -0.39 is 46.8 Å². The number of aryl methyl sites for hydroxylation is 1. The van der Waals surface area contributed by atoms with Crippen molar-refractivity contribution in [2.45, 2.75) is 44.9 Å². The van der Waals surface area contributed by atoms with Crippen molar-refractivity contribution in [3.63, 3.8) is 0 Å². The van der Waals surface area contributed by atoms with Crippen LogP contribution in [0.4, 0.5) is 4.39 Å². The molecule has 3 aromatic heterocycles. The van der Waals surface area contributed by atoms with Gasteiger partial charge in [-0.05, 0) is 6.92 Å². The normalized spacial score (nSPS) is 20.9. The van der Waals surface area contributed by atoms with Gasteiger partial charge in [0.05, 0.1) is 31.6 Å². The number of aromatic amines is 2. The summed E-state index contributed by atoms with van der Waals surface area (Å²) in [6.07, 6.45) is 1.36. The van der Waals surface area contributed by atoms with Crippen LogP contribution in [0, 0.1) is 12.7 Å². The van der Waals surface area contributed by atoms with Crippen molar-refractivity contribution < 1.29 is 14.2 Å². The fourth-order valence-electron chi connectivity index (χ4n) is 3.31. The van der Waals surface area contributed by atoms with Gasteiger partial charge in [0.25, 0.3) is 11.1 Å². The summed E-state index contributed by atoms with van der Waals surface area (Å²) >= 11 is 0. The second kappa shape index (κ2) is 7.88. The fourth-order valence-corrected chi connectivity index (χ4v) is 3.31. The van der Waals surface area contributed by atoms with Crippen molar-refractivity contribution in [3.8, 4) is 0 Å². The highest BCUT2D eigenvalue weighted by molar-refractivity contribution is 5.02. The molecule has 14 heteroatoms. The molecule has 0 aromatic carbocycles. The molecule has 3 atom stereocenters. The van der Waals surface area contributed by atoms with Gasteiger partial charge in [0.15, 0.2) is 0 Å². The second-order valence-corrected chi connectivity index (χ2v) is 7.21. The number of aliphatic hydroxyl groups excluding tert-OH is 1. The monoisotopic (exact) mass is 435 g/mol. The van der Waals surface area contributed by atoms with Crippen molar-refractivity contribution in [3.05, 3.63) is 77.3 Å². The number of aliphatic hydroxyl groups is 1. The van der Waals surface area contributed by atoms with E-state index in [2.05, 4.69) is 15.3 Å². The van der Waals surface area contributed by atoms with E-state index in [0.29, 0.717) is 11.3 Å². The third-order valence-electron chi connectivity index (χ3n) is 4.91. The Morgan fingerprint density at radius 1 is 1.16 bits per heavy atom. The highest BCUT2D eigenvalue weighted by Crippen LogP contribution is 2.28. The number of nitrogens with zero attached hydrogens (tertiary/aromatic N) is 5. The molecule has 0 saturated carbocycles. The Bertz CT molecular complexity index is 1350. The third kappa shape index (κ3) is 4.15. The van der Waals surface area contributed by atoms with Crippen molar-refractivity contribution in [1.29, 1.82) is 0 Å². The summed E-state index contributed by atoms with van der Waals surface area (Å²) in [5.41, 5.74) is -2.40. The minimum absolute atomic E-state index is 0.0939. The van der Waals surface area contributed by atoms with E-state index in [1.54, 1.807) is 6.92 Å². The molecule has 3 unspecified atom stereocenters. The Balaban J connectivity index is 1.47. The van der Waals surface area contributed by atoms with E-state index >= 15 is 0 Å². The molecule has 3 aromatic rings. The Morgan fingerprint density at radius 3 is 2.68 bits per heavy atom. The first kappa shape index (κ1) is 20.6. The van der Waals surface area contributed by atoms with Crippen LogP contribution in [-0.2, 0) is 17.8 Å². The van der Waals surface area contributed by atoms with Crippen LogP contribution in [0.5, 0.6) is 0 Å². The average Bonchev–Trinajstić information content (AvgIpc) is 3.29. The standard InChI is InChI=1S/C17H18FN7O6/c1-8-3-25(17(30)19-14(8)27)13-2-11(26)12(31-13)7-24-5-9(21-22-24)4-23-6-10(18)15(28)20-16(23)29/h3,5-6,11-13,26H,2,4,7H2,1H3,(H,19,27,30)(H,20,28,29). The van der Waals surface area contributed by atoms with E-state index in [9.17, 15) is 28.7 Å². The molecule has 1 saturated heterocycles. The molecule has 0 aliphatic carbocycles. The third-order valence-corrected chi connectivity index (χ3v) is 4.91. The first-order valence-corrected chi connectivity index (χ1v) is 9.25. The highest BCUT2D eigenvalue weighted by Gasteiger charge is 2.36. The molecule has 3 N–H and O–H groups in total. The van der Waals surface area contributed by atoms with Crippen LogP contribution in [0.3, 0.4) is 0 Å². The summed E-state index contributed by atoms with van der Waals surface area (Å²) in [5, 5.41) is 18.1. The molecule has 164 valence electrons. The number of ether oxygens (including phenoxy) is 1. The Hall–Kier alpha value is -3.65. The summed E-state index contributed by atoms with van der Waals surface area (Å²) in [5.74, 6) is -1.10. The predicted octanol–water partition coefficient (Wildman–Crippen LogP) is -2.18. The number of halogens is 1. The maximum absolute atomic E-state index is 13.4. The van der Waals surface area contributed by atoms with E-state index in [-0.39, 0.29) is 19.5 Å². The summed E-state index contributed by atoms with van der Waals surface area (Å²) < 4.78 is 22.7. The maximum Gasteiger partial charge on any atom is 0.330 e. The summed E-state index contributed by atoms with van der Waals surface area (Å²) in [6, 6.07) is 0. The molecule has 1 aliphatic heterocycles. The van der Waals surface area contributed by atoms with Gasteiger partial charge in [-0.1, -0.05) is 5.21 Å². The SMILES string of the molecule is Cc1cn(C2CC(O)C(Cn3cc(Cn4cc(F)c(=O)[nH]c4=O)nn3)O2)c(=O)[nH]c1=O. The molecule has 4 heterocycles. The van der Waals surface area contributed by atoms with E-state index in [1.165, 1.54) is 21.6 Å². The lowest BCUT2D eigenvalue weighted by atomic mass is 10.2. The van der Waals surface area contributed by atoms with Gasteiger partial charge in [-0.25, -0.2) is 14.3 Å². The zero-order valence-electron chi connectivity index (χ0n) is 16.2. The minimum Gasteiger partial charge on any atom is -0.390 e. The zero-order valence-corrected chi connectivity index (χ0v) is 16.2. The first-order valence-electron chi connectivity index (χ1n) is 9.25. The molecule has 31 heavy (non-hydrogen) atoms. The van der Waals surface area contributed by atoms with Crippen LogP contribution in [-0.4, -0.2) is 51.4 Å². The van der Waals surface area contributed by atoms with Gasteiger partial charge in [0.1, 0.15) is 18.0 Å². The van der Waals surface area contributed by atoms with Gasteiger partial charge in [-0.2, -0.15) is 4.39 Å². The Labute approximate surface area is 171 Å². The maximum atomic E-state index is 13.4. The molecular formula is C17H18FN7O6. The van der Waals surface area contributed by atoms with Gasteiger partial charge in [0.2, 0.25) is 5.82 Å². The molecule has 0 spiro atoms. The number of hydrogen-bond donors (Lipinski definition) is 3. The molecular weight excluding hydrogens is 417 g/mol. The van der Waals surface area contributed by atoms with E-state index in [4.69, 9.17) is 4.74 Å². The van der Waals surface area contributed by atoms with Crippen LogP contribution in [0.15, 0.2) is 37.8 Å². The minimum atomic E-state index is -1.11. The molecule has 1 aliphatic rings. The van der Waals surface area contributed by atoms with Crippen LogP contribution < -0.4 is 22.5 Å². The van der Waals surface area contributed by atoms with Crippen LogP contribution in [0.25, 0.3) is 0 Å². The van der Waals surface area contributed by atoms with Crippen molar-refractivity contribution in [1.82, 2.24) is 34.1 Å². The zero-order chi connectivity index (χ0) is 22.3. The van der Waals surface area contributed by atoms with Crippen LogP contribution >= 0.6 is 0 Å². The number of nitrogens with one attached hydrogen (secondary N) is 2. The summed E-state index contributed by atoms with van der Waals surface area (Å²) in [4.78, 5) is 50.5. The predicted molar refractivity (Wildman–Crippen MR) is 101 cm³/mol. The lowest BCUT2D eigenvalue weighted by Crippen LogP contribution is -2.33. The largest absolute Gasteiger partial charge is 0.390 e. The molecule has 1 fully saturated rings. The van der Waals surface area contributed by atoms with E-state index in [0.717, 1.165) is 10.8 Å². The average molecular weight is 435 g/mol. The molecule has 4 rings (SSSR count). The van der Waals surface area contributed by atoms with Gasteiger partial charge in [-0.15, -0.1) is 5.10 Å². The fraction of sp³-hybridized carbons (Fsp3) is 0.412. The highest BCUT2D eigenvalue weighted by atomic mass is 19.1. The van der Waals surface area contributed by atoms with Gasteiger partial charge < -0.3 is 9.84 Å². The van der Waals surface area contributed by atoms with Crippen molar-refractivity contribution in [2.24, 2.45) is 0 Å². The van der Waals surface area contributed by atoms with Crippen molar-refractivity contribution >= 4 is 0 Å². The summed E-state index contributed by atoms with van der Waals surface area (Å²) in [6.45, 7) is 1.51. The first-order chi connectivity index (χ1) is 14.7.